The Morgan fingerprint density at radius 3 is 2.21 bits per heavy atom. The molecule has 0 aromatic heterocycles. The molecule has 76 valence electrons. The molecule has 0 radical (unpaired) electrons. The maximum absolute atomic E-state index is 12.8. The molecule has 0 saturated heterocycles. The van der Waals surface area contributed by atoms with Gasteiger partial charge in [-0.15, -0.1) is 0 Å². The second-order valence-corrected chi connectivity index (χ2v) is 2.78. The number of halogens is 1. The highest BCUT2D eigenvalue weighted by Crippen LogP contribution is 2.21. The number of phenolic OH excluding ortho intramolecular Hbond substituents is 1. The van der Waals surface area contributed by atoms with Crippen LogP contribution in [0.3, 0.4) is 0 Å². The number of hydrogen-bond acceptors (Lipinski definition) is 3. The highest BCUT2D eigenvalue weighted by molar-refractivity contribution is 5.73. The molecule has 0 spiro atoms. The fraction of sp³-hybridized carbons (Fsp3) is 0.222. The number of carboxylic acid groups (broad SMARTS) is 1. The smallest absolute Gasteiger partial charge is 0.341 e. The number of phenols is 1. The molecule has 3 N–H and O–H groups in total. The van der Waals surface area contributed by atoms with Gasteiger partial charge in [0.15, 0.2) is 0 Å². The van der Waals surface area contributed by atoms with E-state index in [1.54, 1.807) is 0 Å². The van der Waals surface area contributed by atoms with Crippen LogP contribution in [-0.4, -0.2) is 27.5 Å². The van der Waals surface area contributed by atoms with Gasteiger partial charge in [0.05, 0.1) is 0 Å². The highest BCUT2D eigenvalue weighted by atomic mass is 19.1. The molecule has 4 nitrogen and oxygen atoms in total. The van der Waals surface area contributed by atoms with Crippen molar-refractivity contribution < 1.29 is 24.5 Å². The summed E-state index contributed by atoms with van der Waals surface area (Å²) in [5.74, 6) is -1.75. The molecule has 2 atom stereocenters. The molecule has 14 heavy (non-hydrogen) atoms. The molecule has 0 aliphatic carbocycles. The van der Waals surface area contributed by atoms with Crippen molar-refractivity contribution in [2.45, 2.75) is 12.3 Å². The summed E-state index contributed by atoms with van der Waals surface area (Å²) in [5, 5.41) is 26.4. The second kappa shape index (κ2) is 4.06. The zero-order valence-electron chi connectivity index (χ0n) is 7.09. The van der Waals surface area contributed by atoms with E-state index in [1.165, 1.54) is 24.3 Å². The molecule has 0 saturated carbocycles. The number of aromatic hydroxyl groups is 1. The van der Waals surface area contributed by atoms with Crippen LogP contribution in [0.1, 0.15) is 11.7 Å². The summed E-state index contributed by atoms with van der Waals surface area (Å²) in [7, 11) is 0. The van der Waals surface area contributed by atoms with Crippen molar-refractivity contribution in [2.75, 3.05) is 0 Å². The molecule has 5 heteroatoms. The van der Waals surface area contributed by atoms with E-state index in [0.29, 0.717) is 0 Å². The molecule has 0 aliphatic heterocycles. The summed E-state index contributed by atoms with van der Waals surface area (Å²) in [6, 6.07) is 5.01. The molecule has 1 aromatic carbocycles. The first-order valence-electron chi connectivity index (χ1n) is 3.86. The first-order chi connectivity index (χ1) is 6.52. The van der Waals surface area contributed by atoms with E-state index in [2.05, 4.69) is 0 Å². The molecular weight excluding hydrogens is 191 g/mol. The van der Waals surface area contributed by atoms with Crippen LogP contribution in [0, 0.1) is 0 Å². The van der Waals surface area contributed by atoms with E-state index in [1.807, 2.05) is 0 Å². The Bertz CT molecular complexity index is 322. The monoisotopic (exact) mass is 200 g/mol. The van der Waals surface area contributed by atoms with Crippen LogP contribution in [0.4, 0.5) is 4.39 Å². The number of carbonyl (C=O) groups is 1. The molecule has 2 unspecified atom stereocenters. The lowest BCUT2D eigenvalue weighted by Crippen LogP contribution is -2.23. The number of carboxylic acids is 1. The van der Waals surface area contributed by atoms with Crippen molar-refractivity contribution in [3.05, 3.63) is 29.8 Å². The van der Waals surface area contributed by atoms with Crippen LogP contribution in [-0.2, 0) is 4.79 Å². The topological polar surface area (TPSA) is 77.8 Å². The molecule has 0 bridgehead atoms. The maximum Gasteiger partial charge on any atom is 0.341 e. The van der Waals surface area contributed by atoms with Gasteiger partial charge in [0.25, 0.3) is 0 Å². The molecule has 0 fully saturated rings. The number of aliphatic hydroxyl groups is 1. The Morgan fingerprint density at radius 1 is 1.29 bits per heavy atom. The predicted octanol–water partition coefficient (Wildman–Crippen LogP) is 0.848. The Kier molecular flexibility index (Phi) is 3.03. The van der Waals surface area contributed by atoms with Gasteiger partial charge in [-0.25, -0.2) is 9.18 Å². The van der Waals surface area contributed by atoms with Gasteiger partial charge in [-0.2, -0.15) is 0 Å². The number of aliphatic carboxylic acids is 1. The quantitative estimate of drug-likeness (QED) is 0.675. The zero-order valence-corrected chi connectivity index (χ0v) is 7.09. The first-order valence-corrected chi connectivity index (χ1v) is 3.86. The average Bonchev–Trinajstić information content (AvgIpc) is 2.16. The summed E-state index contributed by atoms with van der Waals surface area (Å²) >= 11 is 0. The van der Waals surface area contributed by atoms with Gasteiger partial charge in [0, 0.05) is 0 Å². The van der Waals surface area contributed by atoms with Crippen molar-refractivity contribution in [1.29, 1.82) is 0 Å². The van der Waals surface area contributed by atoms with Gasteiger partial charge in [-0.1, -0.05) is 12.1 Å². The lowest BCUT2D eigenvalue weighted by molar-refractivity contribution is -0.147. The van der Waals surface area contributed by atoms with Gasteiger partial charge >= 0.3 is 5.97 Å². The third-order valence-electron chi connectivity index (χ3n) is 1.75. The van der Waals surface area contributed by atoms with E-state index in [4.69, 9.17) is 10.2 Å². The zero-order chi connectivity index (χ0) is 10.7. The fourth-order valence-electron chi connectivity index (χ4n) is 0.976. The Hall–Kier alpha value is -1.62. The lowest BCUT2D eigenvalue weighted by atomic mass is 10.1. The molecule has 1 aromatic rings. The lowest BCUT2D eigenvalue weighted by Gasteiger charge is -2.11. The molecule has 0 amide bonds. The van der Waals surface area contributed by atoms with E-state index >= 15 is 0 Å². The van der Waals surface area contributed by atoms with Crippen LogP contribution in [0.25, 0.3) is 0 Å². The SMILES string of the molecule is O=C(O)C(F)C(O)c1ccc(O)cc1. The summed E-state index contributed by atoms with van der Waals surface area (Å²) in [5.41, 5.74) is 0.109. The first kappa shape index (κ1) is 10.5. The average molecular weight is 200 g/mol. The van der Waals surface area contributed by atoms with E-state index < -0.39 is 18.2 Å². The fourth-order valence-corrected chi connectivity index (χ4v) is 0.976. The number of alkyl halides is 1. The largest absolute Gasteiger partial charge is 0.508 e. The molecule has 1 rings (SSSR count). The summed E-state index contributed by atoms with van der Waals surface area (Å²) in [6.07, 6.45) is -4.08. The van der Waals surface area contributed by atoms with Crippen molar-refractivity contribution in [3.63, 3.8) is 0 Å². The molecule has 0 aliphatic rings. The minimum absolute atomic E-state index is 0.0355. The van der Waals surface area contributed by atoms with Crippen molar-refractivity contribution in [1.82, 2.24) is 0 Å². The van der Waals surface area contributed by atoms with Crippen molar-refractivity contribution in [2.24, 2.45) is 0 Å². The predicted molar refractivity (Wildman–Crippen MR) is 45.6 cm³/mol. The van der Waals surface area contributed by atoms with Crippen LogP contribution in [0.15, 0.2) is 24.3 Å². The molecule has 0 heterocycles. The van der Waals surface area contributed by atoms with Gasteiger partial charge < -0.3 is 15.3 Å². The minimum Gasteiger partial charge on any atom is -0.508 e. The third kappa shape index (κ3) is 2.20. The van der Waals surface area contributed by atoms with Crippen LogP contribution < -0.4 is 0 Å². The number of hydrogen-bond donors (Lipinski definition) is 3. The maximum atomic E-state index is 12.8. The Labute approximate surface area is 79.2 Å². The number of rotatable bonds is 3. The minimum atomic E-state index is -2.36. The number of aliphatic hydroxyl groups excluding tert-OH is 1. The summed E-state index contributed by atoms with van der Waals surface area (Å²) in [4.78, 5) is 10.2. The van der Waals surface area contributed by atoms with Crippen molar-refractivity contribution in [3.8, 4) is 5.75 Å². The Balaban J connectivity index is 2.84. The van der Waals surface area contributed by atoms with E-state index in [9.17, 15) is 14.3 Å². The van der Waals surface area contributed by atoms with E-state index in [0.717, 1.165) is 0 Å². The van der Waals surface area contributed by atoms with Crippen LogP contribution >= 0.6 is 0 Å². The molecular formula is C9H9FO4. The standard InChI is InChI=1S/C9H9FO4/c10-7(9(13)14)8(12)5-1-3-6(11)4-2-5/h1-4,7-8,11-12H,(H,13,14). The normalized spacial score (nSPS) is 14.7. The second-order valence-electron chi connectivity index (χ2n) is 2.78. The Morgan fingerprint density at radius 2 is 1.79 bits per heavy atom. The van der Waals surface area contributed by atoms with Gasteiger partial charge in [0.2, 0.25) is 6.17 Å². The highest BCUT2D eigenvalue weighted by Gasteiger charge is 2.26. The summed E-state index contributed by atoms with van der Waals surface area (Å²) in [6.45, 7) is 0. The third-order valence-corrected chi connectivity index (χ3v) is 1.75. The van der Waals surface area contributed by atoms with Crippen LogP contribution in [0.2, 0.25) is 0 Å². The van der Waals surface area contributed by atoms with Gasteiger partial charge in [-0.3, -0.25) is 0 Å². The van der Waals surface area contributed by atoms with Crippen LogP contribution in [0.5, 0.6) is 5.75 Å². The van der Waals surface area contributed by atoms with Gasteiger partial charge in [0.1, 0.15) is 11.9 Å². The summed E-state index contributed by atoms with van der Waals surface area (Å²) < 4.78 is 12.8. The number of benzene rings is 1. The van der Waals surface area contributed by atoms with Gasteiger partial charge in [-0.05, 0) is 17.7 Å². The van der Waals surface area contributed by atoms with Crippen molar-refractivity contribution >= 4 is 5.97 Å². The van der Waals surface area contributed by atoms with E-state index in [-0.39, 0.29) is 11.3 Å².